The zero-order valence-electron chi connectivity index (χ0n) is 20.9. The lowest BCUT2D eigenvalue weighted by Gasteiger charge is -2.23. The summed E-state index contributed by atoms with van der Waals surface area (Å²) >= 11 is 0. The van der Waals surface area contributed by atoms with Crippen LogP contribution in [0.2, 0.25) is 0 Å². The fraction of sp³-hybridized carbons (Fsp3) is 0.259. The molecule has 1 N–H and O–H groups in total. The van der Waals surface area contributed by atoms with Gasteiger partial charge in [-0.15, -0.1) is 24.8 Å². The molecule has 1 atom stereocenters. The van der Waals surface area contributed by atoms with Crippen molar-refractivity contribution >= 4 is 53.4 Å². The number of hydrogen-bond donors (Lipinski definition) is 1. The summed E-state index contributed by atoms with van der Waals surface area (Å²) in [7, 11) is 5.52. The van der Waals surface area contributed by atoms with E-state index in [0.29, 0.717) is 11.6 Å². The lowest BCUT2D eigenvalue weighted by Crippen LogP contribution is -2.28. The summed E-state index contributed by atoms with van der Waals surface area (Å²) in [6, 6.07) is 15.5. The van der Waals surface area contributed by atoms with Gasteiger partial charge in [0, 0.05) is 43.7 Å². The molecule has 10 heteroatoms. The second kappa shape index (κ2) is 12.1. The Morgan fingerprint density at radius 1 is 1.05 bits per heavy atom. The van der Waals surface area contributed by atoms with E-state index in [0.717, 1.165) is 53.2 Å². The maximum absolute atomic E-state index is 10.2. The minimum atomic E-state index is 0. The quantitative estimate of drug-likeness (QED) is 0.348. The van der Waals surface area contributed by atoms with Gasteiger partial charge in [0.05, 0.1) is 18.3 Å². The third kappa shape index (κ3) is 5.87. The standard InChI is InChI=1S/C27H28N6O2.2ClH/c1-32(2)27-20-8-4-5-9-21(20)30-25(31-27)13-11-19-7-6-14-33(19)26-16-22(28-17-29-26)18-10-12-24(35-3)23(34)15-18;;/h4-5,8-13,15-17,19,34H,6-7,14H2,1-3H3;2*1H. The molecular formula is C27H30Cl2N6O2. The number of para-hydroxylation sites is 1. The molecule has 2 aromatic heterocycles. The van der Waals surface area contributed by atoms with Crippen molar-refractivity contribution in [1.82, 2.24) is 19.9 Å². The van der Waals surface area contributed by atoms with Crippen LogP contribution in [0.5, 0.6) is 11.5 Å². The van der Waals surface area contributed by atoms with Crippen molar-refractivity contribution < 1.29 is 9.84 Å². The highest BCUT2D eigenvalue weighted by molar-refractivity contribution is 5.90. The number of anilines is 2. The van der Waals surface area contributed by atoms with Crippen molar-refractivity contribution in [1.29, 1.82) is 0 Å². The van der Waals surface area contributed by atoms with E-state index in [9.17, 15) is 5.11 Å². The first kappa shape index (κ1) is 28.0. The molecule has 37 heavy (non-hydrogen) atoms. The lowest BCUT2D eigenvalue weighted by molar-refractivity contribution is 0.373. The number of rotatable bonds is 6. The van der Waals surface area contributed by atoms with Gasteiger partial charge in [0.25, 0.3) is 0 Å². The molecule has 0 spiro atoms. The molecule has 1 aliphatic heterocycles. The number of nitrogens with zero attached hydrogens (tertiary/aromatic N) is 6. The van der Waals surface area contributed by atoms with Gasteiger partial charge in [-0.25, -0.2) is 19.9 Å². The van der Waals surface area contributed by atoms with Crippen LogP contribution in [0.25, 0.3) is 28.2 Å². The largest absolute Gasteiger partial charge is 0.504 e. The van der Waals surface area contributed by atoms with E-state index in [-0.39, 0.29) is 36.6 Å². The van der Waals surface area contributed by atoms with Crippen molar-refractivity contribution in [3.05, 3.63) is 66.8 Å². The molecular weight excluding hydrogens is 511 g/mol. The number of ether oxygens (including phenoxy) is 1. The van der Waals surface area contributed by atoms with Crippen LogP contribution in [0.3, 0.4) is 0 Å². The first-order valence-corrected chi connectivity index (χ1v) is 11.6. The molecule has 5 rings (SSSR count). The van der Waals surface area contributed by atoms with Crippen LogP contribution < -0.4 is 14.5 Å². The molecule has 2 aromatic carbocycles. The second-order valence-corrected chi connectivity index (χ2v) is 8.73. The summed E-state index contributed by atoms with van der Waals surface area (Å²) in [5, 5.41) is 11.2. The monoisotopic (exact) mass is 540 g/mol. The van der Waals surface area contributed by atoms with E-state index in [2.05, 4.69) is 20.9 Å². The van der Waals surface area contributed by atoms with E-state index in [1.807, 2.05) is 61.5 Å². The van der Waals surface area contributed by atoms with Gasteiger partial charge in [-0.3, -0.25) is 0 Å². The minimum absolute atomic E-state index is 0. The van der Waals surface area contributed by atoms with Crippen molar-refractivity contribution in [3.8, 4) is 22.8 Å². The van der Waals surface area contributed by atoms with E-state index in [1.54, 1.807) is 18.5 Å². The Morgan fingerprint density at radius 3 is 2.62 bits per heavy atom. The smallest absolute Gasteiger partial charge is 0.160 e. The molecule has 3 heterocycles. The van der Waals surface area contributed by atoms with E-state index >= 15 is 0 Å². The molecule has 0 radical (unpaired) electrons. The van der Waals surface area contributed by atoms with Gasteiger partial charge in [-0.1, -0.05) is 18.2 Å². The highest BCUT2D eigenvalue weighted by Gasteiger charge is 2.24. The Morgan fingerprint density at radius 2 is 1.86 bits per heavy atom. The van der Waals surface area contributed by atoms with Gasteiger partial charge in [0.15, 0.2) is 17.3 Å². The van der Waals surface area contributed by atoms with Gasteiger partial charge >= 0.3 is 0 Å². The molecule has 0 saturated carbocycles. The van der Waals surface area contributed by atoms with E-state index in [4.69, 9.17) is 14.7 Å². The van der Waals surface area contributed by atoms with Gasteiger partial charge in [-0.2, -0.15) is 0 Å². The van der Waals surface area contributed by atoms with Crippen LogP contribution in [-0.2, 0) is 0 Å². The van der Waals surface area contributed by atoms with Crippen LogP contribution in [0.15, 0.2) is 60.9 Å². The molecule has 0 aliphatic carbocycles. The number of phenols is 1. The highest BCUT2D eigenvalue weighted by Crippen LogP contribution is 2.32. The van der Waals surface area contributed by atoms with Crippen molar-refractivity contribution in [2.75, 3.05) is 37.5 Å². The molecule has 1 unspecified atom stereocenters. The van der Waals surface area contributed by atoms with Gasteiger partial charge in [0.2, 0.25) is 0 Å². The number of halogens is 2. The molecule has 1 saturated heterocycles. The Bertz CT molecular complexity index is 1400. The average molecular weight is 541 g/mol. The van der Waals surface area contributed by atoms with Gasteiger partial charge in [0.1, 0.15) is 18.0 Å². The number of aromatic hydroxyl groups is 1. The Kier molecular flexibility index (Phi) is 9.13. The SMILES string of the molecule is COc1ccc(-c2cc(N3CCCC3C=Cc3nc(N(C)C)c4ccccc4n3)ncn2)cc1O.Cl.Cl. The fourth-order valence-electron chi connectivity index (χ4n) is 4.48. The van der Waals surface area contributed by atoms with E-state index in [1.165, 1.54) is 7.11 Å². The van der Waals surface area contributed by atoms with Crippen molar-refractivity contribution in [2.24, 2.45) is 0 Å². The zero-order valence-corrected chi connectivity index (χ0v) is 22.5. The highest BCUT2D eigenvalue weighted by atomic mass is 35.5. The molecule has 8 nitrogen and oxygen atoms in total. The Balaban J connectivity index is 0.00000190. The summed E-state index contributed by atoms with van der Waals surface area (Å²) in [5.74, 6) is 2.96. The topological polar surface area (TPSA) is 87.5 Å². The first-order valence-electron chi connectivity index (χ1n) is 11.6. The average Bonchev–Trinajstić information content (AvgIpc) is 3.35. The maximum Gasteiger partial charge on any atom is 0.160 e. The lowest BCUT2D eigenvalue weighted by atomic mass is 10.1. The first-order chi connectivity index (χ1) is 17.0. The number of phenolic OH excluding ortho intramolecular Hbond substituents is 1. The third-order valence-electron chi connectivity index (χ3n) is 6.21. The van der Waals surface area contributed by atoms with Gasteiger partial charge in [-0.05, 0) is 49.2 Å². The summed E-state index contributed by atoms with van der Waals surface area (Å²) < 4.78 is 5.15. The van der Waals surface area contributed by atoms with Gasteiger partial charge < -0.3 is 19.6 Å². The summed E-state index contributed by atoms with van der Waals surface area (Å²) in [4.78, 5) is 22.8. The van der Waals surface area contributed by atoms with Crippen molar-refractivity contribution in [3.63, 3.8) is 0 Å². The fourth-order valence-corrected chi connectivity index (χ4v) is 4.48. The summed E-state index contributed by atoms with van der Waals surface area (Å²) in [6.45, 7) is 0.904. The number of fused-ring (bicyclic) bond motifs is 1. The maximum atomic E-state index is 10.2. The van der Waals surface area contributed by atoms with Crippen LogP contribution in [0.1, 0.15) is 18.7 Å². The van der Waals surface area contributed by atoms with Crippen LogP contribution >= 0.6 is 24.8 Å². The Hall–Kier alpha value is -3.62. The number of benzene rings is 2. The van der Waals surface area contributed by atoms with Crippen LogP contribution in [-0.4, -0.2) is 58.8 Å². The Labute approximate surface area is 228 Å². The molecule has 194 valence electrons. The number of methoxy groups -OCH3 is 1. The predicted octanol–water partition coefficient (Wildman–Crippen LogP) is 5.39. The number of hydrogen-bond acceptors (Lipinski definition) is 8. The summed E-state index contributed by atoms with van der Waals surface area (Å²) in [5.41, 5.74) is 2.48. The molecule has 0 bridgehead atoms. The molecule has 0 amide bonds. The van der Waals surface area contributed by atoms with E-state index < -0.39 is 0 Å². The zero-order chi connectivity index (χ0) is 24.4. The van der Waals surface area contributed by atoms with Crippen molar-refractivity contribution in [2.45, 2.75) is 18.9 Å². The summed E-state index contributed by atoms with van der Waals surface area (Å²) in [6.07, 6.45) is 7.83. The normalized spacial score (nSPS) is 14.9. The third-order valence-corrected chi connectivity index (χ3v) is 6.21. The van der Waals surface area contributed by atoms with Crippen LogP contribution in [0.4, 0.5) is 11.6 Å². The molecule has 1 aliphatic rings. The predicted molar refractivity (Wildman–Crippen MR) is 153 cm³/mol. The molecule has 1 fully saturated rings. The number of aromatic nitrogens is 4. The second-order valence-electron chi connectivity index (χ2n) is 8.73. The molecule has 4 aromatic rings. The van der Waals surface area contributed by atoms with Crippen LogP contribution in [0, 0.1) is 0 Å². The minimum Gasteiger partial charge on any atom is -0.504 e.